The van der Waals surface area contributed by atoms with Crippen molar-refractivity contribution in [1.29, 1.82) is 0 Å². The molecule has 0 spiro atoms. The average Bonchev–Trinajstić information content (AvgIpc) is 3.14. The van der Waals surface area contributed by atoms with Gasteiger partial charge in [0.25, 0.3) is 0 Å². The molecule has 1 aliphatic rings. The molecule has 7 heteroatoms. The molecule has 1 aromatic carbocycles. The maximum atomic E-state index is 12.3. The SMILES string of the molecule is COCCC1CCN(C(=O)NCc2nc(-c3ccccc3)no2)CC1. The van der Waals surface area contributed by atoms with E-state index in [2.05, 4.69) is 15.5 Å². The van der Waals surface area contributed by atoms with Crippen molar-refractivity contribution in [3.05, 3.63) is 36.2 Å². The van der Waals surface area contributed by atoms with E-state index < -0.39 is 0 Å². The standard InChI is InChI=1S/C18H24N4O3/c1-24-12-9-14-7-10-22(11-8-14)18(23)19-13-16-20-17(21-25-16)15-5-3-2-4-6-15/h2-6,14H,7-13H2,1H3,(H,19,23). The molecule has 2 amide bonds. The highest BCUT2D eigenvalue weighted by atomic mass is 16.5. The molecule has 0 bridgehead atoms. The lowest BCUT2D eigenvalue weighted by Crippen LogP contribution is -2.44. The topological polar surface area (TPSA) is 80.5 Å². The first-order chi connectivity index (χ1) is 12.3. The number of carbonyl (C=O) groups excluding carboxylic acids is 1. The largest absolute Gasteiger partial charge is 0.385 e. The second kappa shape index (κ2) is 8.62. The molecule has 1 saturated heterocycles. The molecule has 2 heterocycles. The Bertz CT molecular complexity index is 666. The highest BCUT2D eigenvalue weighted by Gasteiger charge is 2.22. The van der Waals surface area contributed by atoms with Gasteiger partial charge in [0.1, 0.15) is 0 Å². The smallest absolute Gasteiger partial charge is 0.317 e. The Morgan fingerprint density at radius 1 is 1.32 bits per heavy atom. The minimum Gasteiger partial charge on any atom is -0.385 e. The molecule has 1 fully saturated rings. The number of nitrogens with one attached hydrogen (secondary N) is 1. The first kappa shape index (κ1) is 17.4. The predicted octanol–water partition coefficient (Wildman–Crippen LogP) is 2.69. The lowest BCUT2D eigenvalue weighted by atomic mass is 9.94. The molecule has 1 N–H and O–H groups in total. The Morgan fingerprint density at radius 2 is 2.08 bits per heavy atom. The maximum Gasteiger partial charge on any atom is 0.317 e. The van der Waals surface area contributed by atoms with Gasteiger partial charge in [0.15, 0.2) is 0 Å². The molecule has 0 aliphatic carbocycles. The maximum absolute atomic E-state index is 12.3. The van der Waals surface area contributed by atoms with Crippen LogP contribution in [0.3, 0.4) is 0 Å². The molecular weight excluding hydrogens is 320 g/mol. The number of aromatic nitrogens is 2. The van der Waals surface area contributed by atoms with Crippen LogP contribution >= 0.6 is 0 Å². The van der Waals surface area contributed by atoms with Crippen LogP contribution in [0.2, 0.25) is 0 Å². The molecule has 0 unspecified atom stereocenters. The van der Waals surface area contributed by atoms with E-state index in [1.165, 1.54) is 0 Å². The van der Waals surface area contributed by atoms with Gasteiger partial charge in [-0.1, -0.05) is 35.5 Å². The molecule has 1 aromatic heterocycles. The third kappa shape index (κ3) is 4.79. The fourth-order valence-electron chi connectivity index (χ4n) is 3.00. The summed E-state index contributed by atoms with van der Waals surface area (Å²) in [7, 11) is 1.73. The molecule has 134 valence electrons. The van der Waals surface area contributed by atoms with Crippen molar-refractivity contribution >= 4 is 6.03 Å². The van der Waals surface area contributed by atoms with Crippen LogP contribution in [0.15, 0.2) is 34.9 Å². The molecular formula is C18H24N4O3. The van der Waals surface area contributed by atoms with Crippen LogP contribution in [-0.2, 0) is 11.3 Å². The summed E-state index contributed by atoms with van der Waals surface area (Å²) in [4.78, 5) is 18.4. The summed E-state index contributed by atoms with van der Waals surface area (Å²) in [5, 5.41) is 6.81. The summed E-state index contributed by atoms with van der Waals surface area (Å²) in [6.07, 6.45) is 3.11. The Balaban J connectivity index is 1.45. The van der Waals surface area contributed by atoms with E-state index in [1.807, 2.05) is 35.2 Å². The second-order valence-corrected chi connectivity index (χ2v) is 6.25. The van der Waals surface area contributed by atoms with Crippen molar-refractivity contribution in [3.8, 4) is 11.4 Å². The summed E-state index contributed by atoms with van der Waals surface area (Å²) in [6, 6.07) is 9.53. The van der Waals surface area contributed by atoms with Crippen LogP contribution in [0.1, 0.15) is 25.2 Å². The van der Waals surface area contributed by atoms with E-state index in [9.17, 15) is 4.79 Å². The lowest BCUT2D eigenvalue weighted by molar-refractivity contribution is 0.139. The zero-order chi connectivity index (χ0) is 17.5. The lowest BCUT2D eigenvalue weighted by Gasteiger charge is -2.31. The number of hydrogen-bond acceptors (Lipinski definition) is 5. The highest BCUT2D eigenvalue weighted by Crippen LogP contribution is 2.20. The number of carbonyl (C=O) groups is 1. The molecule has 3 rings (SSSR count). The van der Waals surface area contributed by atoms with Crippen molar-refractivity contribution < 1.29 is 14.1 Å². The Kier molecular flexibility index (Phi) is 6.00. The molecule has 0 saturated carbocycles. The van der Waals surface area contributed by atoms with Crippen molar-refractivity contribution in [2.24, 2.45) is 5.92 Å². The molecule has 0 radical (unpaired) electrons. The van der Waals surface area contributed by atoms with Gasteiger partial charge in [0.05, 0.1) is 6.54 Å². The number of urea groups is 1. The normalized spacial score (nSPS) is 15.3. The van der Waals surface area contributed by atoms with Gasteiger partial charge in [-0.25, -0.2) is 4.79 Å². The zero-order valence-electron chi connectivity index (χ0n) is 14.5. The minimum absolute atomic E-state index is 0.0790. The third-order valence-corrected chi connectivity index (χ3v) is 4.52. The molecule has 0 atom stereocenters. The number of amides is 2. The van der Waals surface area contributed by atoms with Crippen LogP contribution in [0, 0.1) is 5.92 Å². The highest BCUT2D eigenvalue weighted by molar-refractivity contribution is 5.74. The molecule has 2 aromatic rings. The van der Waals surface area contributed by atoms with Crippen LogP contribution in [-0.4, -0.2) is 47.9 Å². The Labute approximate surface area is 147 Å². The average molecular weight is 344 g/mol. The van der Waals surface area contributed by atoms with Crippen LogP contribution in [0.5, 0.6) is 0 Å². The van der Waals surface area contributed by atoms with E-state index in [-0.39, 0.29) is 12.6 Å². The number of hydrogen-bond donors (Lipinski definition) is 1. The summed E-state index contributed by atoms with van der Waals surface area (Å²) in [5.41, 5.74) is 0.891. The van der Waals surface area contributed by atoms with Gasteiger partial charge < -0.3 is 19.5 Å². The Morgan fingerprint density at radius 3 is 2.80 bits per heavy atom. The fraction of sp³-hybridized carbons (Fsp3) is 0.500. The fourth-order valence-corrected chi connectivity index (χ4v) is 3.00. The predicted molar refractivity (Wildman–Crippen MR) is 92.8 cm³/mol. The first-order valence-corrected chi connectivity index (χ1v) is 8.66. The zero-order valence-corrected chi connectivity index (χ0v) is 14.5. The van der Waals surface area contributed by atoms with Gasteiger partial charge in [-0.05, 0) is 25.2 Å². The van der Waals surface area contributed by atoms with Gasteiger partial charge in [-0.2, -0.15) is 4.98 Å². The monoisotopic (exact) mass is 344 g/mol. The Hall–Kier alpha value is -2.41. The number of ether oxygens (including phenoxy) is 1. The van der Waals surface area contributed by atoms with Crippen molar-refractivity contribution in [2.75, 3.05) is 26.8 Å². The van der Waals surface area contributed by atoms with Crippen LogP contribution < -0.4 is 5.32 Å². The number of likely N-dealkylation sites (tertiary alicyclic amines) is 1. The molecule has 7 nitrogen and oxygen atoms in total. The number of methoxy groups -OCH3 is 1. The van der Waals surface area contributed by atoms with Gasteiger partial charge in [0.2, 0.25) is 11.7 Å². The first-order valence-electron chi connectivity index (χ1n) is 8.66. The molecule has 25 heavy (non-hydrogen) atoms. The second-order valence-electron chi connectivity index (χ2n) is 6.25. The number of nitrogens with zero attached hydrogens (tertiary/aromatic N) is 3. The van der Waals surface area contributed by atoms with Crippen LogP contribution in [0.25, 0.3) is 11.4 Å². The van der Waals surface area contributed by atoms with Gasteiger partial charge in [-0.15, -0.1) is 0 Å². The third-order valence-electron chi connectivity index (χ3n) is 4.52. The number of rotatable bonds is 6. The summed E-state index contributed by atoms with van der Waals surface area (Å²) < 4.78 is 10.3. The van der Waals surface area contributed by atoms with Gasteiger partial charge in [0, 0.05) is 32.4 Å². The van der Waals surface area contributed by atoms with Gasteiger partial charge in [-0.3, -0.25) is 0 Å². The van der Waals surface area contributed by atoms with Crippen molar-refractivity contribution in [2.45, 2.75) is 25.8 Å². The summed E-state index contributed by atoms with van der Waals surface area (Å²) in [5.74, 6) is 1.58. The quantitative estimate of drug-likeness (QED) is 0.871. The van der Waals surface area contributed by atoms with Crippen molar-refractivity contribution in [1.82, 2.24) is 20.4 Å². The van der Waals surface area contributed by atoms with Crippen molar-refractivity contribution in [3.63, 3.8) is 0 Å². The van der Waals surface area contributed by atoms with E-state index in [1.54, 1.807) is 7.11 Å². The number of piperidine rings is 1. The van der Waals surface area contributed by atoms with E-state index in [4.69, 9.17) is 9.26 Å². The molecule has 1 aliphatic heterocycles. The van der Waals surface area contributed by atoms with E-state index in [0.717, 1.165) is 44.5 Å². The summed E-state index contributed by atoms with van der Waals surface area (Å²) in [6.45, 7) is 2.58. The van der Waals surface area contributed by atoms with E-state index >= 15 is 0 Å². The van der Waals surface area contributed by atoms with E-state index in [0.29, 0.717) is 17.6 Å². The summed E-state index contributed by atoms with van der Waals surface area (Å²) >= 11 is 0. The minimum atomic E-state index is -0.0790. The van der Waals surface area contributed by atoms with Crippen LogP contribution in [0.4, 0.5) is 4.79 Å². The van der Waals surface area contributed by atoms with Gasteiger partial charge >= 0.3 is 6.03 Å². The number of benzene rings is 1.